The Labute approximate surface area is 288 Å². The highest BCUT2D eigenvalue weighted by Crippen LogP contribution is 2.53. The smallest absolute Gasteiger partial charge is 0.0976 e. The van der Waals surface area contributed by atoms with Crippen LogP contribution in [0.1, 0.15) is 0 Å². The van der Waals surface area contributed by atoms with Gasteiger partial charge >= 0.3 is 0 Å². The van der Waals surface area contributed by atoms with Crippen LogP contribution in [0.2, 0.25) is 0 Å². The standard InChI is InChI=1S/C45H29N3S/c1-5-15-30(16-6-1)34-25-26-36(43(38-27-28-46-48-47-38)41(34)32-19-9-3-10-20-32)45-42(33-21-11-4-12-22-33)37(31-17-7-2-8-18-31)29-40-44(45)35-23-13-14-24-39(35)49-40/h1-29H. The molecule has 0 saturated carbocycles. The van der Waals surface area contributed by atoms with Crippen molar-refractivity contribution in [3.63, 3.8) is 0 Å². The average molecular weight is 644 g/mol. The van der Waals surface area contributed by atoms with E-state index in [0.717, 1.165) is 44.6 Å². The van der Waals surface area contributed by atoms with Crippen LogP contribution in [-0.4, -0.2) is 15.4 Å². The van der Waals surface area contributed by atoms with Gasteiger partial charge in [-0.25, -0.2) is 0 Å². The van der Waals surface area contributed by atoms with Gasteiger partial charge in [0.25, 0.3) is 0 Å². The first-order chi connectivity index (χ1) is 24.3. The van der Waals surface area contributed by atoms with E-state index in [9.17, 15) is 0 Å². The van der Waals surface area contributed by atoms with E-state index in [1.807, 2.05) is 17.4 Å². The lowest BCUT2D eigenvalue weighted by molar-refractivity contribution is 0.871. The van der Waals surface area contributed by atoms with Crippen LogP contribution < -0.4 is 0 Å². The summed E-state index contributed by atoms with van der Waals surface area (Å²) < 4.78 is 2.51. The van der Waals surface area contributed by atoms with Crippen LogP contribution in [0, 0.1) is 0 Å². The van der Waals surface area contributed by atoms with E-state index in [0.29, 0.717) is 0 Å². The van der Waals surface area contributed by atoms with E-state index >= 15 is 0 Å². The highest BCUT2D eigenvalue weighted by atomic mass is 32.1. The van der Waals surface area contributed by atoms with Gasteiger partial charge in [-0.15, -0.1) is 21.5 Å². The molecule has 4 heteroatoms. The summed E-state index contributed by atoms with van der Waals surface area (Å²) in [6.07, 6.45) is 1.74. The molecule has 9 rings (SSSR count). The van der Waals surface area contributed by atoms with Crippen LogP contribution in [-0.2, 0) is 0 Å². The molecule has 49 heavy (non-hydrogen) atoms. The van der Waals surface area contributed by atoms with Gasteiger partial charge in [0.1, 0.15) is 0 Å². The number of hydrogen-bond acceptors (Lipinski definition) is 4. The van der Waals surface area contributed by atoms with Crippen LogP contribution in [0.15, 0.2) is 176 Å². The normalized spacial score (nSPS) is 11.3. The second-order valence-corrected chi connectivity index (χ2v) is 13.1. The highest BCUT2D eigenvalue weighted by molar-refractivity contribution is 7.26. The summed E-state index contributed by atoms with van der Waals surface area (Å²) in [7, 11) is 0. The number of thiophene rings is 1. The molecule has 0 amide bonds. The van der Waals surface area contributed by atoms with Crippen molar-refractivity contribution < 1.29 is 0 Å². The van der Waals surface area contributed by atoms with E-state index in [-0.39, 0.29) is 0 Å². The minimum Gasteiger partial charge on any atom is -0.139 e. The van der Waals surface area contributed by atoms with Gasteiger partial charge in [-0.3, -0.25) is 0 Å². The van der Waals surface area contributed by atoms with Crippen LogP contribution in [0.5, 0.6) is 0 Å². The molecule has 0 atom stereocenters. The molecule has 2 heterocycles. The maximum atomic E-state index is 4.71. The topological polar surface area (TPSA) is 38.7 Å². The summed E-state index contributed by atoms with van der Waals surface area (Å²) in [5, 5.41) is 15.5. The Morgan fingerprint density at radius 2 is 0.918 bits per heavy atom. The Morgan fingerprint density at radius 3 is 1.53 bits per heavy atom. The second kappa shape index (κ2) is 12.4. The summed E-state index contributed by atoms with van der Waals surface area (Å²) >= 11 is 1.85. The van der Waals surface area contributed by atoms with Crippen molar-refractivity contribution in [3.05, 3.63) is 176 Å². The van der Waals surface area contributed by atoms with E-state index in [1.165, 1.54) is 42.4 Å². The van der Waals surface area contributed by atoms with Crippen LogP contribution >= 0.6 is 11.3 Å². The minimum absolute atomic E-state index is 0.776. The molecule has 0 fully saturated rings. The van der Waals surface area contributed by atoms with E-state index in [1.54, 1.807) is 6.20 Å². The molecular formula is C45H29N3S. The van der Waals surface area contributed by atoms with Crippen molar-refractivity contribution in [1.82, 2.24) is 15.4 Å². The first-order valence-corrected chi connectivity index (χ1v) is 17.2. The lowest BCUT2D eigenvalue weighted by Crippen LogP contribution is -2.00. The monoisotopic (exact) mass is 643 g/mol. The van der Waals surface area contributed by atoms with Gasteiger partial charge in [-0.05, 0) is 73.5 Å². The summed E-state index contributed by atoms with van der Waals surface area (Å²) in [6, 6.07) is 60.6. The molecule has 0 radical (unpaired) electrons. The molecular weight excluding hydrogens is 615 g/mol. The van der Waals surface area contributed by atoms with Crippen molar-refractivity contribution in [2.24, 2.45) is 0 Å². The van der Waals surface area contributed by atoms with Crippen molar-refractivity contribution in [2.45, 2.75) is 0 Å². The SMILES string of the molecule is c1ccc(-c2ccc(-c3c(-c4ccccc4)c(-c4ccccc4)cc4sc5ccccc5c34)c(-c3ccnnn3)c2-c2ccccc2)cc1. The van der Waals surface area contributed by atoms with E-state index < -0.39 is 0 Å². The van der Waals surface area contributed by atoms with Crippen LogP contribution in [0.4, 0.5) is 0 Å². The predicted molar refractivity (Wildman–Crippen MR) is 205 cm³/mol. The minimum atomic E-state index is 0.776. The number of nitrogens with zero attached hydrogens (tertiary/aromatic N) is 3. The van der Waals surface area contributed by atoms with Crippen molar-refractivity contribution in [2.75, 3.05) is 0 Å². The van der Waals surface area contributed by atoms with Crippen molar-refractivity contribution in [3.8, 4) is 66.9 Å². The van der Waals surface area contributed by atoms with Crippen molar-refractivity contribution >= 4 is 31.5 Å². The molecule has 7 aromatic carbocycles. The molecule has 0 aliphatic heterocycles. The number of fused-ring (bicyclic) bond motifs is 3. The Morgan fingerprint density at radius 1 is 0.388 bits per heavy atom. The van der Waals surface area contributed by atoms with E-state index in [4.69, 9.17) is 5.10 Å². The lowest BCUT2D eigenvalue weighted by Gasteiger charge is -2.23. The van der Waals surface area contributed by atoms with Gasteiger partial charge in [-0.2, -0.15) is 0 Å². The van der Waals surface area contributed by atoms with E-state index in [2.05, 4.69) is 174 Å². The summed E-state index contributed by atoms with van der Waals surface area (Å²) in [6.45, 7) is 0. The quantitative estimate of drug-likeness (QED) is 0.181. The van der Waals surface area contributed by atoms with Gasteiger partial charge < -0.3 is 0 Å². The number of hydrogen-bond donors (Lipinski definition) is 0. The molecule has 0 spiro atoms. The Kier molecular flexibility index (Phi) is 7.34. The Bertz CT molecular complexity index is 2570. The Hall–Kier alpha value is -6.23. The third kappa shape index (κ3) is 5.10. The third-order valence-electron chi connectivity index (χ3n) is 9.20. The highest BCUT2D eigenvalue weighted by Gasteiger charge is 2.27. The lowest BCUT2D eigenvalue weighted by atomic mass is 9.79. The zero-order chi connectivity index (χ0) is 32.6. The third-order valence-corrected chi connectivity index (χ3v) is 10.3. The molecule has 0 N–H and O–H groups in total. The zero-order valence-electron chi connectivity index (χ0n) is 26.5. The summed E-state index contributed by atoms with van der Waals surface area (Å²) in [4.78, 5) is 0. The summed E-state index contributed by atoms with van der Waals surface area (Å²) in [5.41, 5.74) is 13.3. The van der Waals surface area contributed by atoms with Crippen LogP contribution in [0.25, 0.3) is 87.1 Å². The zero-order valence-corrected chi connectivity index (χ0v) is 27.3. The first kappa shape index (κ1) is 29.0. The summed E-state index contributed by atoms with van der Waals surface area (Å²) in [5.74, 6) is 0. The molecule has 0 bridgehead atoms. The molecule has 0 aliphatic carbocycles. The molecule has 3 nitrogen and oxygen atoms in total. The number of benzene rings is 7. The van der Waals surface area contributed by atoms with Gasteiger partial charge in [0, 0.05) is 31.3 Å². The fourth-order valence-corrected chi connectivity index (χ4v) is 8.28. The molecule has 2 aromatic heterocycles. The number of rotatable bonds is 6. The average Bonchev–Trinajstić information content (AvgIpc) is 3.57. The molecule has 9 aromatic rings. The maximum absolute atomic E-state index is 4.71. The largest absolute Gasteiger partial charge is 0.139 e. The van der Waals surface area contributed by atoms with Gasteiger partial charge in [0.2, 0.25) is 0 Å². The molecule has 230 valence electrons. The Balaban J connectivity index is 1.53. The van der Waals surface area contributed by atoms with Crippen molar-refractivity contribution in [1.29, 1.82) is 0 Å². The number of aromatic nitrogens is 3. The first-order valence-electron chi connectivity index (χ1n) is 16.4. The fraction of sp³-hybridized carbons (Fsp3) is 0. The van der Waals surface area contributed by atoms with Gasteiger partial charge in [0.05, 0.1) is 11.9 Å². The van der Waals surface area contributed by atoms with Gasteiger partial charge in [0.15, 0.2) is 0 Å². The fourth-order valence-electron chi connectivity index (χ4n) is 7.12. The predicted octanol–water partition coefficient (Wildman–Crippen LogP) is 12.2. The second-order valence-electron chi connectivity index (χ2n) is 12.0. The van der Waals surface area contributed by atoms with Gasteiger partial charge in [-0.1, -0.05) is 152 Å². The molecule has 0 unspecified atom stereocenters. The molecule has 0 saturated heterocycles. The maximum Gasteiger partial charge on any atom is 0.0976 e. The van der Waals surface area contributed by atoms with Crippen LogP contribution in [0.3, 0.4) is 0 Å². The molecule has 0 aliphatic rings.